The Hall–Kier alpha value is -2.16. The first-order chi connectivity index (χ1) is 8.25. The summed E-state index contributed by atoms with van der Waals surface area (Å²) in [6, 6.07) is 10.3. The third-order valence-corrected chi connectivity index (χ3v) is 2.96. The summed E-state index contributed by atoms with van der Waals surface area (Å²) in [5, 5.41) is 8.19. The Kier molecular flexibility index (Phi) is 2.18. The zero-order valence-electron chi connectivity index (χ0n) is 9.86. The van der Waals surface area contributed by atoms with Crippen LogP contribution in [0.4, 0.5) is 0 Å². The third kappa shape index (κ3) is 1.60. The first-order valence-electron chi connectivity index (χ1n) is 5.62. The van der Waals surface area contributed by atoms with Gasteiger partial charge in [-0.2, -0.15) is 5.10 Å². The van der Waals surface area contributed by atoms with Gasteiger partial charge in [-0.25, -0.2) is 0 Å². The highest BCUT2D eigenvalue weighted by atomic mass is 15.1. The maximum Gasteiger partial charge on any atom is 0.0741 e. The van der Waals surface area contributed by atoms with Crippen LogP contribution in [0.2, 0.25) is 0 Å². The van der Waals surface area contributed by atoms with Crippen LogP contribution in [0.15, 0.2) is 36.5 Å². The van der Waals surface area contributed by atoms with Crippen molar-refractivity contribution in [1.82, 2.24) is 15.2 Å². The molecule has 0 saturated carbocycles. The van der Waals surface area contributed by atoms with E-state index in [2.05, 4.69) is 46.4 Å². The largest absolute Gasteiger partial charge is 0.278 e. The smallest absolute Gasteiger partial charge is 0.0741 e. The Bertz CT molecular complexity index is 669. The summed E-state index contributed by atoms with van der Waals surface area (Å²) in [6.07, 6.45) is 1.77. The Morgan fingerprint density at radius 3 is 2.76 bits per heavy atom. The van der Waals surface area contributed by atoms with Crippen LogP contribution in [-0.2, 0) is 0 Å². The monoisotopic (exact) mass is 223 g/mol. The van der Waals surface area contributed by atoms with Crippen LogP contribution >= 0.6 is 0 Å². The molecule has 3 heteroatoms. The fraction of sp³-hybridized carbons (Fsp3) is 0.143. The number of nitrogens with zero attached hydrogens (tertiary/aromatic N) is 2. The lowest BCUT2D eigenvalue weighted by Gasteiger charge is -2.07. The van der Waals surface area contributed by atoms with Gasteiger partial charge in [-0.3, -0.25) is 10.1 Å². The van der Waals surface area contributed by atoms with Gasteiger partial charge in [0.05, 0.1) is 11.2 Å². The van der Waals surface area contributed by atoms with Crippen molar-refractivity contribution in [3.05, 3.63) is 47.8 Å². The van der Waals surface area contributed by atoms with Crippen molar-refractivity contribution in [2.45, 2.75) is 13.8 Å². The van der Waals surface area contributed by atoms with Crippen molar-refractivity contribution >= 4 is 10.9 Å². The van der Waals surface area contributed by atoms with Crippen molar-refractivity contribution in [3.63, 3.8) is 0 Å². The standard InChI is InChI=1S/C14H13N3/c1-9-4-3-5-11-12(13-6-7-15-17-13)8-10(2)16-14(9)11/h3-8H,1-2H3,(H,15,17). The second kappa shape index (κ2) is 3.70. The molecule has 3 rings (SSSR count). The molecule has 0 unspecified atom stereocenters. The number of fused-ring (bicyclic) bond motifs is 1. The van der Waals surface area contributed by atoms with Crippen molar-refractivity contribution < 1.29 is 0 Å². The molecule has 0 spiro atoms. The lowest BCUT2D eigenvalue weighted by atomic mass is 10.0. The molecule has 2 aromatic heterocycles. The second-order valence-electron chi connectivity index (χ2n) is 4.25. The number of rotatable bonds is 1. The van der Waals surface area contributed by atoms with E-state index in [-0.39, 0.29) is 0 Å². The Morgan fingerprint density at radius 2 is 2.00 bits per heavy atom. The number of aromatic nitrogens is 3. The van der Waals surface area contributed by atoms with Crippen molar-refractivity contribution in [1.29, 1.82) is 0 Å². The summed E-state index contributed by atoms with van der Waals surface area (Å²) in [7, 11) is 0. The molecule has 3 nitrogen and oxygen atoms in total. The minimum absolute atomic E-state index is 1.02. The fourth-order valence-electron chi connectivity index (χ4n) is 2.15. The van der Waals surface area contributed by atoms with E-state index in [9.17, 15) is 0 Å². The number of aryl methyl sites for hydroxylation is 2. The molecule has 17 heavy (non-hydrogen) atoms. The average Bonchev–Trinajstić information content (AvgIpc) is 2.83. The average molecular weight is 223 g/mol. The van der Waals surface area contributed by atoms with Crippen LogP contribution in [0.5, 0.6) is 0 Å². The number of pyridine rings is 1. The SMILES string of the molecule is Cc1cc(-c2ccn[nH]2)c2cccc(C)c2n1. The first-order valence-corrected chi connectivity index (χ1v) is 5.62. The maximum atomic E-state index is 4.61. The number of hydrogen-bond acceptors (Lipinski definition) is 2. The lowest BCUT2D eigenvalue weighted by Crippen LogP contribution is -1.91. The van der Waals surface area contributed by atoms with Gasteiger partial charge in [0.2, 0.25) is 0 Å². The normalized spacial score (nSPS) is 10.9. The molecular weight excluding hydrogens is 210 g/mol. The Morgan fingerprint density at radius 1 is 1.12 bits per heavy atom. The molecule has 0 saturated heterocycles. The van der Waals surface area contributed by atoms with Crippen LogP contribution in [0.3, 0.4) is 0 Å². The van der Waals surface area contributed by atoms with E-state index < -0.39 is 0 Å². The van der Waals surface area contributed by atoms with E-state index in [4.69, 9.17) is 0 Å². The lowest BCUT2D eigenvalue weighted by molar-refractivity contribution is 1.09. The summed E-state index contributed by atoms with van der Waals surface area (Å²) < 4.78 is 0. The van der Waals surface area contributed by atoms with Crippen LogP contribution in [0.25, 0.3) is 22.2 Å². The first kappa shape index (κ1) is 10.0. The van der Waals surface area contributed by atoms with Crippen LogP contribution in [0, 0.1) is 13.8 Å². The second-order valence-corrected chi connectivity index (χ2v) is 4.25. The number of benzene rings is 1. The quantitative estimate of drug-likeness (QED) is 0.688. The van der Waals surface area contributed by atoms with E-state index >= 15 is 0 Å². The number of aromatic amines is 1. The van der Waals surface area contributed by atoms with Gasteiger partial charge in [0.15, 0.2) is 0 Å². The fourth-order valence-corrected chi connectivity index (χ4v) is 2.15. The van der Waals surface area contributed by atoms with Gasteiger partial charge in [-0.1, -0.05) is 18.2 Å². The maximum absolute atomic E-state index is 4.61. The molecule has 0 bridgehead atoms. The highest BCUT2D eigenvalue weighted by Gasteiger charge is 2.08. The van der Waals surface area contributed by atoms with Gasteiger partial charge in [-0.15, -0.1) is 0 Å². The molecule has 0 aliphatic carbocycles. The summed E-state index contributed by atoms with van der Waals surface area (Å²) in [5.41, 5.74) is 5.49. The van der Waals surface area contributed by atoms with Crippen molar-refractivity contribution in [3.8, 4) is 11.3 Å². The summed E-state index contributed by atoms with van der Waals surface area (Å²) >= 11 is 0. The molecule has 0 aliphatic rings. The molecule has 84 valence electrons. The minimum atomic E-state index is 1.02. The molecule has 1 N–H and O–H groups in total. The molecule has 0 atom stereocenters. The van der Waals surface area contributed by atoms with Crippen molar-refractivity contribution in [2.24, 2.45) is 0 Å². The number of hydrogen-bond donors (Lipinski definition) is 1. The highest BCUT2D eigenvalue weighted by molar-refractivity contribution is 5.95. The van der Waals surface area contributed by atoms with Gasteiger partial charge in [0, 0.05) is 22.8 Å². The zero-order chi connectivity index (χ0) is 11.8. The number of para-hydroxylation sites is 1. The molecule has 1 aromatic carbocycles. The summed E-state index contributed by atoms with van der Waals surface area (Å²) in [6.45, 7) is 4.11. The summed E-state index contributed by atoms with van der Waals surface area (Å²) in [4.78, 5) is 4.61. The van der Waals surface area contributed by atoms with E-state index in [0.717, 1.165) is 22.5 Å². The Balaban J connectivity index is 2.42. The molecular formula is C14H13N3. The van der Waals surface area contributed by atoms with Gasteiger partial charge < -0.3 is 0 Å². The molecule has 3 aromatic rings. The van der Waals surface area contributed by atoms with Crippen molar-refractivity contribution in [2.75, 3.05) is 0 Å². The topological polar surface area (TPSA) is 41.6 Å². The van der Waals surface area contributed by atoms with Gasteiger partial charge in [-0.05, 0) is 31.5 Å². The Labute approximate surface area is 99.5 Å². The summed E-state index contributed by atoms with van der Waals surface area (Å²) in [5.74, 6) is 0. The third-order valence-electron chi connectivity index (χ3n) is 2.96. The molecule has 0 aliphatic heterocycles. The van der Waals surface area contributed by atoms with E-state index in [1.165, 1.54) is 10.9 Å². The zero-order valence-corrected chi connectivity index (χ0v) is 9.86. The number of H-pyrrole nitrogens is 1. The molecule has 0 amide bonds. The molecule has 0 radical (unpaired) electrons. The number of nitrogens with one attached hydrogen (secondary N) is 1. The minimum Gasteiger partial charge on any atom is -0.278 e. The van der Waals surface area contributed by atoms with Crippen LogP contribution in [0.1, 0.15) is 11.3 Å². The highest BCUT2D eigenvalue weighted by Crippen LogP contribution is 2.28. The predicted molar refractivity (Wildman–Crippen MR) is 68.8 cm³/mol. The van der Waals surface area contributed by atoms with Gasteiger partial charge >= 0.3 is 0 Å². The predicted octanol–water partition coefficient (Wildman–Crippen LogP) is 3.24. The van der Waals surface area contributed by atoms with E-state index in [1.807, 2.05) is 13.0 Å². The van der Waals surface area contributed by atoms with E-state index in [0.29, 0.717) is 0 Å². The molecule has 0 fully saturated rings. The van der Waals surface area contributed by atoms with Crippen LogP contribution < -0.4 is 0 Å². The van der Waals surface area contributed by atoms with E-state index in [1.54, 1.807) is 6.20 Å². The molecule has 2 heterocycles. The van der Waals surface area contributed by atoms with Gasteiger partial charge in [0.25, 0.3) is 0 Å². The van der Waals surface area contributed by atoms with Crippen LogP contribution in [-0.4, -0.2) is 15.2 Å². The van der Waals surface area contributed by atoms with Gasteiger partial charge in [0.1, 0.15) is 0 Å².